The standard InChI is InChI=1S/C13H12BrNOS/c1-7-15-10-6-9(4-5-11(10)17-7)13(16)12(14)8-2-3-8/h4-6,8,12H,2-3H2,1H3. The second-order valence-electron chi connectivity index (χ2n) is 4.52. The fourth-order valence-corrected chi connectivity index (χ4v) is 3.56. The summed E-state index contributed by atoms with van der Waals surface area (Å²) in [5.41, 5.74) is 1.71. The molecule has 0 N–H and O–H groups in total. The van der Waals surface area contributed by atoms with Crippen molar-refractivity contribution in [2.75, 3.05) is 0 Å². The zero-order chi connectivity index (χ0) is 12.0. The van der Waals surface area contributed by atoms with Crippen LogP contribution in [0.3, 0.4) is 0 Å². The van der Waals surface area contributed by atoms with Crippen molar-refractivity contribution in [1.82, 2.24) is 4.98 Å². The topological polar surface area (TPSA) is 30.0 Å². The van der Waals surface area contributed by atoms with Crippen molar-refractivity contribution in [3.05, 3.63) is 28.8 Å². The molecule has 0 bridgehead atoms. The van der Waals surface area contributed by atoms with Crippen LogP contribution in [0.1, 0.15) is 28.2 Å². The van der Waals surface area contributed by atoms with Crippen LogP contribution in [0.4, 0.5) is 0 Å². The van der Waals surface area contributed by atoms with E-state index < -0.39 is 0 Å². The minimum absolute atomic E-state index is 0.0142. The number of thiazole rings is 1. The van der Waals surface area contributed by atoms with E-state index in [1.165, 1.54) is 12.8 Å². The third-order valence-corrected chi connectivity index (χ3v) is 5.18. The Kier molecular flexibility index (Phi) is 2.79. The van der Waals surface area contributed by atoms with Crippen LogP contribution in [0.5, 0.6) is 0 Å². The van der Waals surface area contributed by atoms with Gasteiger partial charge in [-0.25, -0.2) is 4.98 Å². The van der Waals surface area contributed by atoms with Gasteiger partial charge in [-0.3, -0.25) is 4.79 Å². The van der Waals surface area contributed by atoms with Gasteiger partial charge < -0.3 is 0 Å². The van der Waals surface area contributed by atoms with Crippen LogP contribution >= 0.6 is 27.3 Å². The van der Waals surface area contributed by atoms with E-state index in [9.17, 15) is 4.79 Å². The molecule has 0 saturated heterocycles. The molecule has 88 valence electrons. The van der Waals surface area contributed by atoms with Crippen LogP contribution in [0.2, 0.25) is 0 Å². The Morgan fingerprint density at radius 1 is 1.53 bits per heavy atom. The van der Waals surface area contributed by atoms with Crippen molar-refractivity contribution < 1.29 is 4.79 Å². The van der Waals surface area contributed by atoms with Crippen molar-refractivity contribution in [3.8, 4) is 0 Å². The molecule has 1 fully saturated rings. The first-order chi connectivity index (χ1) is 8.15. The van der Waals surface area contributed by atoms with Crippen molar-refractivity contribution in [1.29, 1.82) is 0 Å². The van der Waals surface area contributed by atoms with Gasteiger partial charge in [0.15, 0.2) is 5.78 Å². The normalized spacial score (nSPS) is 17.3. The summed E-state index contributed by atoms with van der Waals surface area (Å²) in [6.45, 7) is 1.99. The lowest BCUT2D eigenvalue weighted by molar-refractivity contribution is 0.0985. The van der Waals surface area contributed by atoms with Gasteiger partial charge in [0.1, 0.15) is 0 Å². The number of benzene rings is 1. The van der Waals surface area contributed by atoms with Crippen LogP contribution in [0.15, 0.2) is 18.2 Å². The number of ketones is 1. The second-order valence-corrected chi connectivity index (χ2v) is 6.74. The minimum Gasteiger partial charge on any atom is -0.293 e. The number of aryl methyl sites for hydroxylation is 1. The van der Waals surface area contributed by atoms with Crippen molar-refractivity contribution in [3.63, 3.8) is 0 Å². The zero-order valence-electron chi connectivity index (χ0n) is 9.44. The largest absolute Gasteiger partial charge is 0.293 e. The molecule has 0 spiro atoms. The van der Waals surface area contributed by atoms with Crippen molar-refractivity contribution >= 4 is 43.3 Å². The average molecular weight is 310 g/mol. The summed E-state index contributed by atoms with van der Waals surface area (Å²) in [5, 5.41) is 1.04. The predicted octanol–water partition coefficient (Wildman–Crippen LogP) is 3.96. The van der Waals surface area contributed by atoms with Gasteiger partial charge in [0.05, 0.1) is 20.1 Å². The predicted molar refractivity (Wildman–Crippen MR) is 74.1 cm³/mol. The summed E-state index contributed by atoms with van der Waals surface area (Å²) in [4.78, 5) is 16.6. The highest BCUT2D eigenvalue weighted by Crippen LogP contribution is 2.38. The lowest BCUT2D eigenvalue weighted by Crippen LogP contribution is -2.16. The van der Waals surface area contributed by atoms with Gasteiger partial charge >= 0.3 is 0 Å². The monoisotopic (exact) mass is 309 g/mol. The number of nitrogens with zero attached hydrogens (tertiary/aromatic N) is 1. The SMILES string of the molecule is Cc1nc2cc(C(=O)C(Br)C3CC3)ccc2s1. The molecule has 1 saturated carbocycles. The molecule has 0 radical (unpaired) electrons. The lowest BCUT2D eigenvalue weighted by atomic mass is 10.1. The van der Waals surface area contributed by atoms with Gasteiger partial charge in [-0.05, 0) is 43.9 Å². The summed E-state index contributed by atoms with van der Waals surface area (Å²) in [5.74, 6) is 0.732. The molecule has 1 heterocycles. The molecule has 1 aromatic heterocycles. The summed E-state index contributed by atoms with van der Waals surface area (Å²) in [6, 6.07) is 5.83. The molecule has 17 heavy (non-hydrogen) atoms. The van der Waals surface area contributed by atoms with E-state index >= 15 is 0 Å². The Labute approximate surface area is 112 Å². The maximum atomic E-state index is 12.2. The first-order valence-corrected chi connectivity index (χ1v) is 7.44. The number of Topliss-reactive ketones (excluding diaryl/α,β-unsaturated/α-hetero) is 1. The first kappa shape index (κ1) is 11.4. The highest BCUT2D eigenvalue weighted by molar-refractivity contribution is 9.10. The fraction of sp³-hybridized carbons (Fsp3) is 0.385. The van der Waals surface area contributed by atoms with Crippen LogP contribution < -0.4 is 0 Å². The Morgan fingerprint density at radius 2 is 2.29 bits per heavy atom. The van der Waals surface area contributed by atoms with E-state index in [1.54, 1.807) is 11.3 Å². The van der Waals surface area contributed by atoms with E-state index in [0.29, 0.717) is 5.92 Å². The quantitative estimate of drug-likeness (QED) is 0.634. The summed E-state index contributed by atoms with van der Waals surface area (Å²) in [6.07, 6.45) is 2.33. The number of alkyl halides is 1. The second kappa shape index (κ2) is 4.18. The number of rotatable bonds is 3. The maximum Gasteiger partial charge on any atom is 0.176 e. The third kappa shape index (κ3) is 2.16. The molecule has 1 aliphatic carbocycles. The van der Waals surface area contributed by atoms with E-state index in [4.69, 9.17) is 0 Å². The van der Waals surface area contributed by atoms with E-state index in [2.05, 4.69) is 20.9 Å². The van der Waals surface area contributed by atoms with E-state index in [-0.39, 0.29) is 10.6 Å². The summed E-state index contributed by atoms with van der Waals surface area (Å²) >= 11 is 5.17. The van der Waals surface area contributed by atoms with Crippen LogP contribution in [-0.4, -0.2) is 15.6 Å². The number of fused-ring (bicyclic) bond motifs is 1. The third-order valence-electron chi connectivity index (χ3n) is 3.07. The molecule has 1 aromatic carbocycles. The van der Waals surface area contributed by atoms with Gasteiger partial charge in [-0.1, -0.05) is 15.9 Å². The van der Waals surface area contributed by atoms with Gasteiger partial charge in [0.2, 0.25) is 0 Å². The molecule has 0 aliphatic heterocycles. The van der Waals surface area contributed by atoms with E-state index in [1.807, 2.05) is 25.1 Å². The summed E-state index contributed by atoms with van der Waals surface area (Å²) in [7, 11) is 0. The Bertz CT molecular complexity index is 588. The molecule has 2 aromatic rings. The van der Waals surface area contributed by atoms with Gasteiger partial charge in [0, 0.05) is 5.56 Å². The zero-order valence-corrected chi connectivity index (χ0v) is 11.8. The van der Waals surface area contributed by atoms with Crippen molar-refractivity contribution in [2.24, 2.45) is 5.92 Å². The number of hydrogen-bond donors (Lipinski definition) is 0. The smallest absolute Gasteiger partial charge is 0.176 e. The Hall–Kier alpha value is -0.740. The molecule has 1 unspecified atom stereocenters. The highest BCUT2D eigenvalue weighted by atomic mass is 79.9. The van der Waals surface area contributed by atoms with Crippen LogP contribution in [0, 0.1) is 12.8 Å². The lowest BCUT2D eigenvalue weighted by Gasteiger charge is -2.06. The molecule has 0 amide bonds. The minimum atomic E-state index is -0.0142. The highest BCUT2D eigenvalue weighted by Gasteiger charge is 2.34. The van der Waals surface area contributed by atoms with Gasteiger partial charge in [0.25, 0.3) is 0 Å². The number of carbonyl (C=O) groups is 1. The number of carbonyl (C=O) groups excluding carboxylic acids is 1. The van der Waals surface area contributed by atoms with Crippen molar-refractivity contribution in [2.45, 2.75) is 24.6 Å². The number of aromatic nitrogens is 1. The molecule has 4 heteroatoms. The Balaban J connectivity index is 1.96. The van der Waals surface area contributed by atoms with Crippen LogP contribution in [-0.2, 0) is 0 Å². The number of halogens is 1. The van der Waals surface area contributed by atoms with Gasteiger partial charge in [-0.2, -0.15) is 0 Å². The Morgan fingerprint density at radius 3 is 3.00 bits per heavy atom. The number of hydrogen-bond acceptors (Lipinski definition) is 3. The van der Waals surface area contributed by atoms with Crippen LogP contribution in [0.25, 0.3) is 10.2 Å². The molecule has 1 atom stereocenters. The first-order valence-electron chi connectivity index (χ1n) is 5.70. The molecule has 1 aliphatic rings. The molecule has 3 rings (SSSR count). The maximum absolute atomic E-state index is 12.2. The van der Waals surface area contributed by atoms with Gasteiger partial charge in [-0.15, -0.1) is 11.3 Å². The fourth-order valence-electron chi connectivity index (χ4n) is 1.96. The summed E-state index contributed by atoms with van der Waals surface area (Å²) < 4.78 is 1.15. The molecular formula is C13H12BrNOS. The molecular weight excluding hydrogens is 298 g/mol. The molecule has 2 nitrogen and oxygen atoms in total. The van der Waals surface area contributed by atoms with E-state index in [0.717, 1.165) is 20.8 Å². The average Bonchev–Trinajstić information content (AvgIpc) is 3.08.